The molecule has 15 heavy (non-hydrogen) atoms. The number of halogens is 1. The van der Waals surface area contributed by atoms with Gasteiger partial charge >= 0.3 is 0 Å². The standard InChI is InChI=1S/C11H15ClN2S/c1-2-10-8-14(5-6-15-10)9-3-4-13-11(12)7-9/h3-4,7,10H,2,5-6,8H2,1H3. The molecule has 0 radical (unpaired) electrons. The third-order valence-corrected chi connectivity index (χ3v) is 4.25. The number of hydrogen-bond acceptors (Lipinski definition) is 3. The maximum absolute atomic E-state index is 5.89. The Morgan fingerprint density at radius 3 is 3.27 bits per heavy atom. The molecule has 2 heterocycles. The second kappa shape index (κ2) is 5.08. The first-order valence-electron chi connectivity index (χ1n) is 5.27. The summed E-state index contributed by atoms with van der Waals surface area (Å²) in [5.74, 6) is 1.21. The normalized spacial score (nSPS) is 21.7. The van der Waals surface area contributed by atoms with Gasteiger partial charge in [-0.05, 0) is 18.6 Å². The van der Waals surface area contributed by atoms with Crippen LogP contribution in [0.5, 0.6) is 0 Å². The lowest BCUT2D eigenvalue weighted by molar-refractivity contribution is 0.728. The van der Waals surface area contributed by atoms with Crippen LogP contribution in [0.25, 0.3) is 0 Å². The van der Waals surface area contributed by atoms with E-state index in [0.717, 1.165) is 18.3 Å². The second-order valence-corrected chi connectivity index (χ2v) is 5.48. The molecule has 1 aromatic rings. The van der Waals surface area contributed by atoms with E-state index in [9.17, 15) is 0 Å². The topological polar surface area (TPSA) is 16.1 Å². The van der Waals surface area contributed by atoms with E-state index in [-0.39, 0.29) is 0 Å². The van der Waals surface area contributed by atoms with Gasteiger partial charge in [-0.2, -0.15) is 11.8 Å². The van der Waals surface area contributed by atoms with Crippen LogP contribution in [-0.2, 0) is 0 Å². The van der Waals surface area contributed by atoms with Crippen molar-refractivity contribution >= 4 is 29.1 Å². The summed E-state index contributed by atoms with van der Waals surface area (Å²) in [6.45, 7) is 4.49. The number of aromatic nitrogens is 1. The fraction of sp³-hybridized carbons (Fsp3) is 0.545. The molecule has 1 fully saturated rings. The predicted octanol–water partition coefficient (Wildman–Crippen LogP) is 3.07. The minimum atomic E-state index is 0.582. The molecule has 4 heteroatoms. The fourth-order valence-electron chi connectivity index (χ4n) is 1.79. The SMILES string of the molecule is CCC1CN(c2ccnc(Cl)c2)CCS1. The zero-order valence-electron chi connectivity index (χ0n) is 8.82. The first-order valence-corrected chi connectivity index (χ1v) is 6.70. The lowest BCUT2D eigenvalue weighted by atomic mass is 10.2. The second-order valence-electron chi connectivity index (χ2n) is 3.68. The van der Waals surface area contributed by atoms with Gasteiger partial charge in [0.25, 0.3) is 0 Å². The van der Waals surface area contributed by atoms with E-state index in [4.69, 9.17) is 11.6 Å². The molecule has 0 aliphatic carbocycles. The van der Waals surface area contributed by atoms with E-state index in [1.54, 1.807) is 6.20 Å². The van der Waals surface area contributed by atoms with E-state index in [1.807, 2.05) is 12.1 Å². The Morgan fingerprint density at radius 1 is 1.67 bits per heavy atom. The van der Waals surface area contributed by atoms with Crippen molar-refractivity contribution in [2.45, 2.75) is 18.6 Å². The van der Waals surface area contributed by atoms with Crippen molar-refractivity contribution in [3.8, 4) is 0 Å². The van der Waals surface area contributed by atoms with Gasteiger partial charge in [0.05, 0.1) is 0 Å². The van der Waals surface area contributed by atoms with Gasteiger partial charge in [0.15, 0.2) is 0 Å². The Labute approximate surface area is 100 Å². The van der Waals surface area contributed by atoms with E-state index < -0.39 is 0 Å². The molecular weight excluding hydrogens is 228 g/mol. The van der Waals surface area contributed by atoms with Crippen molar-refractivity contribution in [2.24, 2.45) is 0 Å². The minimum Gasteiger partial charge on any atom is -0.369 e. The molecule has 1 saturated heterocycles. The first kappa shape index (κ1) is 11.1. The van der Waals surface area contributed by atoms with Crippen LogP contribution in [0.2, 0.25) is 5.15 Å². The summed E-state index contributed by atoms with van der Waals surface area (Å²) in [7, 11) is 0. The highest BCUT2D eigenvalue weighted by atomic mass is 35.5. The van der Waals surface area contributed by atoms with Crippen LogP contribution in [0.1, 0.15) is 13.3 Å². The first-order chi connectivity index (χ1) is 7.29. The minimum absolute atomic E-state index is 0.582. The molecule has 1 unspecified atom stereocenters. The average molecular weight is 243 g/mol. The quantitative estimate of drug-likeness (QED) is 0.742. The number of rotatable bonds is 2. The zero-order chi connectivity index (χ0) is 10.7. The van der Waals surface area contributed by atoms with Gasteiger partial charge < -0.3 is 4.90 Å². The Hall–Kier alpha value is -0.410. The molecule has 2 nitrogen and oxygen atoms in total. The fourth-order valence-corrected chi connectivity index (χ4v) is 3.14. The van der Waals surface area contributed by atoms with Gasteiger partial charge in [-0.15, -0.1) is 0 Å². The summed E-state index contributed by atoms with van der Waals surface area (Å²) in [4.78, 5) is 6.41. The summed E-state index contributed by atoms with van der Waals surface area (Å²) in [6, 6.07) is 3.98. The van der Waals surface area contributed by atoms with Crippen LogP contribution in [0.15, 0.2) is 18.3 Å². The monoisotopic (exact) mass is 242 g/mol. The van der Waals surface area contributed by atoms with E-state index in [0.29, 0.717) is 5.15 Å². The number of nitrogens with zero attached hydrogens (tertiary/aromatic N) is 2. The summed E-state index contributed by atoms with van der Waals surface area (Å²) in [5, 5.41) is 1.34. The van der Waals surface area contributed by atoms with Crippen molar-refractivity contribution in [3.63, 3.8) is 0 Å². The third kappa shape index (κ3) is 2.79. The van der Waals surface area contributed by atoms with Crippen LogP contribution >= 0.6 is 23.4 Å². The third-order valence-electron chi connectivity index (χ3n) is 2.67. The maximum atomic E-state index is 5.89. The average Bonchev–Trinajstić information content (AvgIpc) is 2.29. The number of anilines is 1. The molecule has 0 saturated carbocycles. The van der Waals surface area contributed by atoms with Gasteiger partial charge in [-0.25, -0.2) is 4.98 Å². The number of thioether (sulfide) groups is 1. The molecule has 0 bridgehead atoms. The van der Waals surface area contributed by atoms with Gasteiger partial charge in [0, 0.05) is 36.0 Å². The van der Waals surface area contributed by atoms with Crippen molar-refractivity contribution in [3.05, 3.63) is 23.5 Å². The van der Waals surface area contributed by atoms with Crippen LogP contribution in [0, 0.1) is 0 Å². The number of hydrogen-bond donors (Lipinski definition) is 0. The Morgan fingerprint density at radius 2 is 2.53 bits per heavy atom. The van der Waals surface area contributed by atoms with Crippen LogP contribution in [-0.4, -0.2) is 29.1 Å². The molecule has 0 amide bonds. The van der Waals surface area contributed by atoms with Gasteiger partial charge in [0.2, 0.25) is 0 Å². The van der Waals surface area contributed by atoms with Crippen LogP contribution in [0.4, 0.5) is 5.69 Å². The molecule has 1 aliphatic rings. The molecule has 0 spiro atoms. The Balaban J connectivity index is 2.09. The molecule has 2 rings (SSSR count). The van der Waals surface area contributed by atoms with Crippen molar-refractivity contribution < 1.29 is 0 Å². The van der Waals surface area contributed by atoms with Crippen molar-refractivity contribution in [2.75, 3.05) is 23.7 Å². The summed E-state index contributed by atoms with van der Waals surface area (Å²) < 4.78 is 0. The lowest BCUT2D eigenvalue weighted by Gasteiger charge is -2.33. The van der Waals surface area contributed by atoms with Crippen molar-refractivity contribution in [1.82, 2.24) is 4.98 Å². The Kier molecular flexibility index (Phi) is 3.76. The lowest BCUT2D eigenvalue weighted by Crippen LogP contribution is -2.37. The van der Waals surface area contributed by atoms with E-state index >= 15 is 0 Å². The van der Waals surface area contributed by atoms with Crippen LogP contribution < -0.4 is 4.90 Å². The summed E-state index contributed by atoms with van der Waals surface area (Å²) in [5.41, 5.74) is 1.20. The molecule has 1 atom stereocenters. The van der Waals surface area contributed by atoms with Gasteiger partial charge in [-0.3, -0.25) is 0 Å². The summed E-state index contributed by atoms with van der Waals surface area (Å²) >= 11 is 7.97. The highest BCUT2D eigenvalue weighted by molar-refractivity contribution is 8.00. The smallest absolute Gasteiger partial charge is 0.131 e. The Bertz CT molecular complexity index is 332. The van der Waals surface area contributed by atoms with Gasteiger partial charge in [-0.1, -0.05) is 18.5 Å². The number of pyridine rings is 1. The highest BCUT2D eigenvalue weighted by Gasteiger charge is 2.19. The summed E-state index contributed by atoms with van der Waals surface area (Å²) in [6.07, 6.45) is 3.01. The van der Waals surface area contributed by atoms with Crippen molar-refractivity contribution in [1.29, 1.82) is 0 Å². The molecular formula is C11H15ClN2S. The van der Waals surface area contributed by atoms with Crippen LogP contribution in [0.3, 0.4) is 0 Å². The van der Waals surface area contributed by atoms with E-state index in [2.05, 4.69) is 28.6 Å². The van der Waals surface area contributed by atoms with E-state index in [1.165, 1.54) is 17.9 Å². The largest absolute Gasteiger partial charge is 0.369 e. The zero-order valence-corrected chi connectivity index (χ0v) is 10.4. The van der Waals surface area contributed by atoms with Gasteiger partial charge in [0.1, 0.15) is 5.15 Å². The molecule has 1 aromatic heterocycles. The maximum Gasteiger partial charge on any atom is 0.131 e. The molecule has 0 aromatic carbocycles. The highest BCUT2D eigenvalue weighted by Crippen LogP contribution is 2.26. The molecule has 0 N–H and O–H groups in total. The molecule has 82 valence electrons. The predicted molar refractivity (Wildman–Crippen MR) is 68.0 cm³/mol. The molecule has 1 aliphatic heterocycles.